The zero-order valence-electron chi connectivity index (χ0n) is 5.48. The van der Waals surface area contributed by atoms with E-state index in [1.54, 1.807) is 0 Å². The summed E-state index contributed by atoms with van der Waals surface area (Å²) in [6, 6.07) is 7.52. The minimum atomic E-state index is 0. The summed E-state index contributed by atoms with van der Waals surface area (Å²) in [5.41, 5.74) is 1.06. The fourth-order valence-electron chi connectivity index (χ4n) is 0.620. The van der Waals surface area contributed by atoms with Crippen LogP contribution in [0.2, 0.25) is 5.02 Å². The Morgan fingerprint density at radius 1 is 1.30 bits per heavy atom. The molecule has 10 heavy (non-hydrogen) atoms. The van der Waals surface area contributed by atoms with E-state index in [9.17, 15) is 0 Å². The molecule has 0 spiro atoms. The molecule has 0 nitrogen and oxygen atoms in total. The number of hydrogen-bond acceptors (Lipinski definition) is 0. The fraction of sp³-hybridized carbons (Fsp3) is 0.143. The summed E-state index contributed by atoms with van der Waals surface area (Å²) < 4.78 is 0. The van der Waals surface area contributed by atoms with Crippen molar-refractivity contribution in [3.8, 4) is 0 Å². The van der Waals surface area contributed by atoms with E-state index < -0.39 is 0 Å². The maximum Gasteiger partial charge on any atom is 0.0474 e. The smallest absolute Gasteiger partial charge is 0.0474 e. The van der Waals surface area contributed by atoms with Crippen molar-refractivity contribution in [3.05, 3.63) is 34.9 Å². The van der Waals surface area contributed by atoms with E-state index in [1.807, 2.05) is 24.3 Å². The van der Waals surface area contributed by atoms with Crippen molar-refractivity contribution in [2.75, 3.05) is 0 Å². The third-order valence-corrected chi connectivity index (χ3v) is 1.59. The van der Waals surface area contributed by atoms with Crippen LogP contribution < -0.4 is 0 Å². The molecule has 0 fully saturated rings. The van der Waals surface area contributed by atoms with Gasteiger partial charge in [-0.3, -0.25) is 0 Å². The Bertz CT molecular complexity index is 201. The molecule has 1 rings (SSSR count). The van der Waals surface area contributed by atoms with Crippen molar-refractivity contribution >= 4 is 23.2 Å². The van der Waals surface area contributed by atoms with Gasteiger partial charge < -0.3 is 0 Å². The van der Waals surface area contributed by atoms with Crippen LogP contribution in [0.4, 0.5) is 0 Å². The van der Waals surface area contributed by atoms with Crippen molar-refractivity contribution in [1.29, 1.82) is 0 Å². The molecule has 0 aliphatic heterocycles. The Hall–Kier alpha value is 0.423. The molecule has 0 bridgehead atoms. The molecular formula is C7H6Cl2Zn. The van der Waals surface area contributed by atoms with Gasteiger partial charge in [-0.05, 0) is 17.7 Å². The molecule has 0 heterocycles. The predicted molar refractivity (Wildman–Crippen MR) is 41.0 cm³/mol. The van der Waals surface area contributed by atoms with Gasteiger partial charge >= 0.3 is 0 Å². The van der Waals surface area contributed by atoms with E-state index in [1.165, 1.54) is 0 Å². The van der Waals surface area contributed by atoms with E-state index in [-0.39, 0.29) is 19.5 Å². The van der Waals surface area contributed by atoms with E-state index >= 15 is 0 Å². The summed E-state index contributed by atoms with van der Waals surface area (Å²) in [6.45, 7) is 0. The molecule has 0 saturated carbocycles. The zero-order chi connectivity index (χ0) is 6.69. The van der Waals surface area contributed by atoms with Crippen LogP contribution >= 0.6 is 23.2 Å². The molecule has 0 amide bonds. The zero-order valence-corrected chi connectivity index (χ0v) is 9.96. The third-order valence-electron chi connectivity index (χ3n) is 1.04. The molecule has 0 radical (unpaired) electrons. The quantitative estimate of drug-likeness (QED) is 0.510. The Balaban J connectivity index is 0.000000810. The maximum atomic E-state index is 5.66. The van der Waals surface area contributed by atoms with Gasteiger partial charge in [0.2, 0.25) is 0 Å². The Morgan fingerprint density at radius 2 is 2.00 bits per heavy atom. The van der Waals surface area contributed by atoms with Crippen LogP contribution in [0.5, 0.6) is 0 Å². The maximum absolute atomic E-state index is 5.66. The standard InChI is InChI=1S/C7H6Cl2.Zn/c8-5-6-2-1-3-7(9)4-6;/h1-4H,5H2;. The number of halogens is 2. The summed E-state index contributed by atoms with van der Waals surface area (Å²) >= 11 is 11.2. The van der Waals surface area contributed by atoms with Gasteiger partial charge in [-0.25, -0.2) is 0 Å². The van der Waals surface area contributed by atoms with E-state index in [4.69, 9.17) is 23.2 Å². The molecule has 0 saturated heterocycles. The van der Waals surface area contributed by atoms with Crippen LogP contribution in [-0.2, 0) is 25.4 Å². The molecule has 3 heteroatoms. The molecule has 1 aromatic carbocycles. The van der Waals surface area contributed by atoms with Crippen molar-refractivity contribution in [1.82, 2.24) is 0 Å². The molecule has 0 atom stereocenters. The van der Waals surface area contributed by atoms with Gasteiger partial charge in [0.1, 0.15) is 0 Å². The van der Waals surface area contributed by atoms with Crippen LogP contribution in [0.1, 0.15) is 5.56 Å². The number of benzene rings is 1. The second-order valence-corrected chi connectivity index (χ2v) is 2.47. The summed E-state index contributed by atoms with van der Waals surface area (Å²) in [7, 11) is 0. The minimum Gasteiger partial charge on any atom is -0.122 e. The van der Waals surface area contributed by atoms with Gasteiger partial charge in [-0.1, -0.05) is 23.7 Å². The predicted octanol–water partition coefficient (Wildman–Crippen LogP) is 3.08. The summed E-state index contributed by atoms with van der Waals surface area (Å²) in [5, 5.41) is 0.744. The molecule has 50 valence electrons. The van der Waals surface area contributed by atoms with Crippen LogP contribution in [0.3, 0.4) is 0 Å². The average Bonchev–Trinajstić information content (AvgIpc) is 1.88. The summed E-state index contributed by atoms with van der Waals surface area (Å²) in [6.07, 6.45) is 0. The molecule has 0 aromatic heterocycles. The molecule has 0 unspecified atom stereocenters. The largest absolute Gasteiger partial charge is 0.122 e. The Kier molecular flexibility index (Phi) is 5.34. The number of hydrogen-bond donors (Lipinski definition) is 0. The van der Waals surface area contributed by atoms with Crippen LogP contribution in [0, 0.1) is 0 Å². The Morgan fingerprint density at radius 3 is 2.40 bits per heavy atom. The van der Waals surface area contributed by atoms with E-state index in [2.05, 4.69) is 0 Å². The number of rotatable bonds is 1. The molecular weight excluding hydrogens is 220 g/mol. The van der Waals surface area contributed by atoms with Crippen molar-refractivity contribution in [3.63, 3.8) is 0 Å². The second kappa shape index (κ2) is 5.12. The van der Waals surface area contributed by atoms with Gasteiger partial charge in [-0.2, -0.15) is 0 Å². The first-order valence-electron chi connectivity index (χ1n) is 2.63. The SMILES string of the molecule is ClCc1cccc(Cl)c1.[Zn]. The van der Waals surface area contributed by atoms with Gasteiger partial charge in [0.15, 0.2) is 0 Å². The van der Waals surface area contributed by atoms with Crippen molar-refractivity contribution < 1.29 is 19.5 Å². The summed E-state index contributed by atoms with van der Waals surface area (Å²) in [4.78, 5) is 0. The average molecular weight is 226 g/mol. The van der Waals surface area contributed by atoms with Crippen molar-refractivity contribution in [2.24, 2.45) is 0 Å². The molecule has 0 aliphatic carbocycles. The molecule has 0 aliphatic rings. The van der Waals surface area contributed by atoms with Gasteiger partial charge in [0.05, 0.1) is 0 Å². The first-order chi connectivity index (χ1) is 4.33. The fourth-order valence-corrected chi connectivity index (χ4v) is 0.999. The minimum absolute atomic E-state index is 0. The topological polar surface area (TPSA) is 0 Å². The van der Waals surface area contributed by atoms with E-state index in [0.29, 0.717) is 5.88 Å². The summed E-state index contributed by atoms with van der Waals surface area (Å²) in [5.74, 6) is 0.528. The van der Waals surface area contributed by atoms with Gasteiger partial charge in [-0.15, -0.1) is 11.6 Å². The van der Waals surface area contributed by atoms with Gasteiger partial charge in [0, 0.05) is 30.4 Å². The first kappa shape index (κ1) is 10.4. The third kappa shape index (κ3) is 3.01. The van der Waals surface area contributed by atoms with E-state index in [0.717, 1.165) is 10.6 Å². The van der Waals surface area contributed by atoms with Crippen molar-refractivity contribution in [2.45, 2.75) is 5.88 Å². The monoisotopic (exact) mass is 224 g/mol. The molecule has 0 N–H and O–H groups in total. The molecule has 1 aromatic rings. The second-order valence-electron chi connectivity index (χ2n) is 1.76. The normalized spacial score (nSPS) is 8.60. The van der Waals surface area contributed by atoms with Crippen LogP contribution in [-0.4, -0.2) is 0 Å². The Labute approximate surface area is 83.3 Å². The van der Waals surface area contributed by atoms with Gasteiger partial charge in [0.25, 0.3) is 0 Å². The van der Waals surface area contributed by atoms with Crippen LogP contribution in [0.15, 0.2) is 24.3 Å². The first-order valence-corrected chi connectivity index (χ1v) is 3.54. The van der Waals surface area contributed by atoms with Crippen LogP contribution in [0.25, 0.3) is 0 Å². The number of alkyl halides is 1.